The zero-order valence-electron chi connectivity index (χ0n) is 5.34. The van der Waals surface area contributed by atoms with Gasteiger partial charge in [0.2, 0.25) is 0 Å². The molecule has 0 amide bonds. The Labute approximate surface area is 52.7 Å². The lowest BCUT2D eigenvalue weighted by molar-refractivity contribution is -0.137. The lowest BCUT2D eigenvalue weighted by Gasteiger charge is -1.97. The number of esters is 1. The van der Waals surface area contributed by atoms with E-state index < -0.39 is 12.1 Å². The van der Waals surface area contributed by atoms with E-state index in [-0.39, 0.29) is 6.61 Å². The van der Waals surface area contributed by atoms with Crippen molar-refractivity contribution in [3.05, 3.63) is 0 Å². The van der Waals surface area contributed by atoms with Gasteiger partial charge in [0.25, 0.3) is 0 Å². The van der Waals surface area contributed by atoms with Crippen LogP contribution >= 0.6 is 0 Å². The van der Waals surface area contributed by atoms with Crippen LogP contribution in [0.5, 0.6) is 0 Å². The molecule has 0 aliphatic rings. The molecule has 0 fully saturated rings. The number of carbonyl (C=O) groups excluding carboxylic acids is 2. The Bertz CT molecular complexity index is 118. The van der Waals surface area contributed by atoms with Gasteiger partial charge in [-0.1, -0.05) is 0 Å². The summed E-state index contributed by atoms with van der Waals surface area (Å²) in [7, 11) is 0. The molecule has 0 aliphatic heterocycles. The van der Waals surface area contributed by atoms with Crippen molar-refractivity contribution < 1.29 is 19.1 Å². The molecule has 0 N–H and O–H groups in total. The Morgan fingerprint density at radius 1 is 1.44 bits per heavy atom. The van der Waals surface area contributed by atoms with Gasteiger partial charge in [-0.2, -0.15) is 0 Å². The quantitative estimate of drug-likeness (QED) is 0.301. The molecule has 0 aromatic heterocycles. The third kappa shape index (κ3) is 4.80. The van der Waals surface area contributed by atoms with Crippen molar-refractivity contribution in [3.63, 3.8) is 0 Å². The number of rotatable bonds is 1. The van der Waals surface area contributed by atoms with Crippen LogP contribution in [0.1, 0.15) is 13.8 Å². The normalized spacial score (nSPS) is 8.22. The first-order valence-electron chi connectivity index (χ1n) is 2.52. The maximum Gasteiger partial charge on any atom is 0.516 e. The number of ether oxygens (including phenoxy) is 2. The Hall–Kier alpha value is -1.06. The van der Waals surface area contributed by atoms with Crippen LogP contribution in [-0.4, -0.2) is 18.7 Å². The molecule has 0 heterocycles. The summed E-state index contributed by atoms with van der Waals surface area (Å²) >= 11 is 0. The summed E-state index contributed by atoms with van der Waals surface area (Å²) in [6, 6.07) is 0. The van der Waals surface area contributed by atoms with Crippen LogP contribution in [0.2, 0.25) is 0 Å². The van der Waals surface area contributed by atoms with E-state index in [9.17, 15) is 9.59 Å². The zero-order chi connectivity index (χ0) is 7.28. The third-order valence-electron chi connectivity index (χ3n) is 0.489. The van der Waals surface area contributed by atoms with Crippen molar-refractivity contribution >= 4 is 12.1 Å². The summed E-state index contributed by atoms with van der Waals surface area (Å²) in [4.78, 5) is 20.2. The van der Waals surface area contributed by atoms with Crippen LogP contribution in [0.15, 0.2) is 0 Å². The number of carbonyl (C=O) groups is 2. The van der Waals surface area contributed by atoms with Crippen molar-refractivity contribution in [2.75, 3.05) is 6.61 Å². The minimum atomic E-state index is -0.940. The van der Waals surface area contributed by atoms with Crippen molar-refractivity contribution in [2.24, 2.45) is 0 Å². The first kappa shape index (κ1) is 7.94. The maximum absolute atomic E-state index is 10.2. The van der Waals surface area contributed by atoms with Crippen LogP contribution in [-0.2, 0) is 14.3 Å². The summed E-state index contributed by atoms with van der Waals surface area (Å²) in [6.07, 6.45) is -0.940. The molecular formula is C5H8O4. The van der Waals surface area contributed by atoms with Gasteiger partial charge in [-0.15, -0.1) is 0 Å². The summed E-state index contributed by atoms with van der Waals surface area (Å²) in [5.74, 6) is -0.659. The molecule has 9 heavy (non-hydrogen) atoms. The Morgan fingerprint density at radius 2 is 2.00 bits per heavy atom. The predicted octanol–water partition coefficient (Wildman–Crippen LogP) is 0.706. The fourth-order valence-corrected chi connectivity index (χ4v) is 0.265. The second kappa shape index (κ2) is 3.88. The fraction of sp³-hybridized carbons (Fsp3) is 0.600. The monoisotopic (exact) mass is 134 g/mol. The van der Waals surface area contributed by atoms with E-state index >= 15 is 0 Å². The van der Waals surface area contributed by atoms with Gasteiger partial charge in [0.1, 0.15) is 0 Å². The van der Waals surface area contributed by atoms with Crippen LogP contribution in [0.25, 0.3) is 0 Å². The van der Waals surface area contributed by atoms with E-state index in [0.717, 1.165) is 6.92 Å². The summed E-state index contributed by atoms with van der Waals surface area (Å²) in [6.45, 7) is 2.98. The highest BCUT2D eigenvalue weighted by molar-refractivity contribution is 5.79. The molecule has 0 aromatic carbocycles. The molecule has 4 heteroatoms. The van der Waals surface area contributed by atoms with E-state index in [4.69, 9.17) is 0 Å². The fourth-order valence-electron chi connectivity index (χ4n) is 0.265. The first-order chi connectivity index (χ1) is 4.16. The lowest BCUT2D eigenvalue weighted by Crippen LogP contribution is -2.10. The number of hydrogen-bond acceptors (Lipinski definition) is 4. The predicted molar refractivity (Wildman–Crippen MR) is 28.8 cm³/mol. The molecular weight excluding hydrogens is 126 g/mol. The third-order valence-corrected chi connectivity index (χ3v) is 0.489. The molecule has 0 aromatic rings. The van der Waals surface area contributed by atoms with Gasteiger partial charge in [-0.25, -0.2) is 4.79 Å². The maximum atomic E-state index is 10.2. The standard InChI is InChI=1S/C5H8O4/c1-3-8-5(7)9-4(2)6/h3H2,1-2H3/i2+1,4+1. The minimum Gasteiger partial charge on any atom is -0.434 e. The first-order valence-corrected chi connectivity index (χ1v) is 2.52. The van der Waals surface area contributed by atoms with E-state index in [1.165, 1.54) is 0 Å². The summed E-state index contributed by atoms with van der Waals surface area (Å²) in [5, 5.41) is 0. The Kier molecular flexibility index (Phi) is 3.43. The largest absolute Gasteiger partial charge is 0.516 e. The molecule has 4 nitrogen and oxygen atoms in total. The molecule has 52 valence electrons. The molecule has 0 aliphatic carbocycles. The Morgan fingerprint density at radius 3 is 2.33 bits per heavy atom. The zero-order valence-corrected chi connectivity index (χ0v) is 5.34. The van der Waals surface area contributed by atoms with Gasteiger partial charge < -0.3 is 9.47 Å². The Balaban J connectivity index is 3.39. The van der Waals surface area contributed by atoms with Gasteiger partial charge in [0, 0.05) is 6.92 Å². The smallest absolute Gasteiger partial charge is 0.434 e. The highest BCUT2D eigenvalue weighted by Crippen LogP contribution is 1.83. The molecule has 0 spiro atoms. The van der Waals surface area contributed by atoms with Crippen molar-refractivity contribution in [1.29, 1.82) is 0 Å². The molecule has 0 unspecified atom stereocenters. The molecule has 0 saturated carbocycles. The molecule has 0 atom stereocenters. The number of hydrogen-bond donors (Lipinski definition) is 0. The average Bonchev–Trinajstić information content (AvgIpc) is 1.63. The van der Waals surface area contributed by atoms with Gasteiger partial charge >= 0.3 is 12.1 Å². The van der Waals surface area contributed by atoms with E-state index in [1.807, 2.05) is 0 Å². The minimum absolute atomic E-state index is 0.214. The second-order valence-electron chi connectivity index (χ2n) is 1.28. The lowest BCUT2D eigenvalue weighted by atomic mass is 10.9. The molecule has 0 rings (SSSR count). The molecule has 0 radical (unpaired) electrons. The van der Waals surface area contributed by atoms with Crippen LogP contribution in [0.3, 0.4) is 0 Å². The van der Waals surface area contributed by atoms with Crippen LogP contribution in [0.4, 0.5) is 4.79 Å². The van der Waals surface area contributed by atoms with Crippen LogP contribution < -0.4 is 0 Å². The van der Waals surface area contributed by atoms with Crippen molar-refractivity contribution in [1.82, 2.24) is 0 Å². The highest BCUT2D eigenvalue weighted by Gasteiger charge is 2.03. The van der Waals surface area contributed by atoms with Gasteiger partial charge in [-0.3, -0.25) is 4.79 Å². The van der Waals surface area contributed by atoms with Crippen molar-refractivity contribution in [2.45, 2.75) is 13.8 Å². The van der Waals surface area contributed by atoms with Crippen LogP contribution in [0, 0.1) is 0 Å². The van der Waals surface area contributed by atoms with Crippen molar-refractivity contribution in [3.8, 4) is 0 Å². The SMILES string of the molecule is CCOC(=O)O[13C]([13CH3])=O. The van der Waals surface area contributed by atoms with E-state index in [0.29, 0.717) is 0 Å². The highest BCUT2D eigenvalue weighted by atomic mass is 16.8. The molecule has 0 saturated heterocycles. The van der Waals surface area contributed by atoms with E-state index in [1.54, 1.807) is 6.92 Å². The molecule has 0 bridgehead atoms. The van der Waals surface area contributed by atoms with E-state index in [2.05, 4.69) is 9.47 Å². The summed E-state index contributed by atoms with van der Waals surface area (Å²) in [5.41, 5.74) is 0. The second-order valence-corrected chi connectivity index (χ2v) is 1.28. The summed E-state index contributed by atoms with van der Waals surface area (Å²) < 4.78 is 8.26. The average molecular weight is 134 g/mol. The van der Waals surface area contributed by atoms with Gasteiger partial charge in [0.05, 0.1) is 6.61 Å². The van der Waals surface area contributed by atoms with Gasteiger partial charge in [0.15, 0.2) is 0 Å². The topological polar surface area (TPSA) is 52.6 Å². The van der Waals surface area contributed by atoms with Gasteiger partial charge in [-0.05, 0) is 6.92 Å².